The molecule has 0 atom stereocenters. The zero-order chi connectivity index (χ0) is 28.0. The van der Waals surface area contributed by atoms with E-state index in [-0.39, 0.29) is 39.6 Å². The summed E-state index contributed by atoms with van der Waals surface area (Å²) in [5, 5.41) is 8.05. The summed E-state index contributed by atoms with van der Waals surface area (Å²) in [6.45, 7) is 1.80. The molecule has 0 saturated heterocycles. The molecule has 0 bridgehead atoms. The molecule has 0 saturated carbocycles. The Balaban J connectivity index is 1.11. The number of benzene rings is 3. The van der Waals surface area contributed by atoms with Gasteiger partial charge in [-0.15, -0.1) is 11.3 Å². The zero-order valence-electron chi connectivity index (χ0n) is 21.1. The van der Waals surface area contributed by atoms with Gasteiger partial charge in [0.2, 0.25) is 9.84 Å². The third-order valence-corrected chi connectivity index (χ3v) is 9.51. The molecule has 2 aromatic heterocycles. The molecular formula is C29H21N3O6S2. The summed E-state index contributed by atoms with van der Waals surface area (Å²) in [5.41, 5.74) is 1.89. The van der Waals surface area contributed by atoms with Gasteiger partial charge in [0, 0.05) is 22.1 Å². The average Bonchev–Trinajstić information content (AvgIpc) is 3.55. The molecule has 5 aromatic rings. The van der Waals surface area contributed by atoms with Gasteiger partial charge >= 0.3 is 5.97 Å². The number of carbonyl (C=O) groups is 3. The van der Waals surface area contributed by atoms with Crippen molar-refractivity contribution in [1.29, 1.82) is 0 Å². The zero-order valence-corrected chi connectivity index (χ0v) is 22.7. The molecule has 3 aromatic carbocycles. The van der Waals surface area contributed by atoms with Crippen LogP contribution in [0, 0.1) is 6.92 Å². The second-order valence-electron chi connectivity index (χ2n) is 9.09. The maximum atomic E-state index is 13.1. The van der Waals surface area contributed by atoms with Crippen LogP contribution in [0.25, 0.3) is 15.9 Å². The SMILES string of the molecule is Cc1nn(-c2ccccc2)c2sc(C(=O)OCCNC(=O)c3ccc4c(c3)S(=O)(=O)c3ccccc3C4=O)cc12. The van der Waals surface area contributed by atoms with Gasteiger partial charge in [0.15, 0.2) is 5.78 Å². The average molecular weight is 572 g/mol. The number of rotatable bonds is 6. The number of aryl methyl sites for hydroxylation is 1. The highest BCUT2D eigenvalue weighted by Crippen LogP contribution is 2.35. The highest BCUT2D eigenvalue weighted by molar-refractivity contribution is 7.91. The number of ether oxygens (including phenoxy) is 1. The first-order valence-electron chi connectivity index (χ1n) is 12.3. The van der Waals surface area contributed by atoms with E-state index in [9.17, 15) is 22.8 Å². The van der Waals surface area contributed by atoms with Crippen molar-refractivity contribution < 1.29 is 27.5 Å². The monoisotopic (exact) mass is 571 g/mol. The molecule has 1 amide bonds. The Kier molecular flexibility index (Phi) is 6.32. The Morgan fingerprint density at radius 2 is 1.68 bits per heavy atom. The van der Waals surface area contributed by atoms with Gasteiger partial charge in [-0.25, -0.2) is 17.9 Å². The van der Waals surface area contributed by atoms with Crippen molar-refractivity contribution in [3.63, 3.8) is 0 Å². The highest BCUT2D eigenvalue weighted by atomic mass is 32.2. The third-order valence-electron chi connectivity index (χ3n) is 6.57. The number of fused-ring (bicyclic) bond motifs is 3. The van der Waals surface area contributed by atoms with Crippen molar-refractivity contribution in [3.8, 4) is 5.69 Å². The van der Waals surface area contributed by atoms with Crippen LogP contribution < -0.4 is 5.32 Å². The maximum absolute atomic E-state index is 13.1. The van der Waals surface area contributed by atoms with Crippen LogP contribution in [-0.2, 0) is 14.6 Å². The van der Waals surface area contributed by atoms with E-state index < -0.39 is 27.5 Å². The largest absolute Gasteiger partial charge is 0.460 e. The number of nitrogens with zero attached hydrogens (tertiary/aromatic N) is 2. The number of carbonyl (C=O) groups excluding carboxylic acids is 3. The summed E-state index contributed by atoms with van der Waals surface area (Å²) in [6, 6.07) is 21.3. The predicted octanol–water partition coefficient (Wildman–Crippen LogP) is 4.36. The Morgan fingerprint density at radius 1 is 0.950 bits per heavy atom. The van der Waals surface area contributed by atoms with Crippen molar-refractivity contribution in [1.82, 2.24) is 15.1 Å². The standard InChI is InChI=1S/C29H21N3O6S2/c1-17-22-16-23(39-28(22)32(31-17)19-7-3-2-4-8-19)29(35)38-14-13-30-27(34)18-11-12-21-25(15-18)40(36,37)24-10-6-5-9-20(24)26(21)33/h2-12,15-16H,13-14H2,1H3,(H,30,34). The van der Waals surface area contributed by atoms with Crippen LogP contribution in [0.3, 0.4) is 0 Å². The van der Waals surface area contributed by atoms with Gasteiger partial charge in [-0.05, 0) is 55.5 Å². The minimum absolute atomic E-state index is 0.0118. The van der Waals surface area contributed by atoms with Crippen LogP contribution in [0.2, 0.25) is 0 Å². The van der Waals surface area contributed by atoms with E-state index in [1.54, 1.807) is 22.9 Å². The fourth-order valence-corrected chi connectivity index (χ4v) is 7.35. The molecule has 11 heteroatoms. The topological polar surface area (TPSA) is 124 Å². The molecule has 40 heavy (non-hydrogen) atoms. The Bertz CT molecular complexity index is 1940. The lowest BCUT2D eigenvalue weighted by atomic mass is 10.0. The minimum atomic E-state index is -3.96. The predicted molar refractivity (Wildman–Crippen MR) is 148 cm³/mol. The van der Waals surface area contributed by atoms with Gasteiger partial charge in [0.1, 0.15) is 16.3 Å². The van der Waals surface area contributed by atoms with Crippen LogP contribution in [0.1, 0.15) is 41.6 Å². The Labute approximate surface area is 232 Å². The molecule has 0 unspecified atom stereocenters. The normalized spacial score (nSPS) is 13.5. The lowest BCUT2D eigenvalue weighted by Gasteiger charge is -2.19. The molecule has 1 N–H and O–H groups in total. The van der Waals surface area contributed by atoms with Gasteiger partial charge in [0.05, 0.1) is 27.7 Å². The van der Waals surface area contributed by atoms with Gasteiger partial charge in [-0.1, -0.05) is 30.3 Å². The second-order valence-corrected chi connectivity index (χ2v) is 12.0. The van der Waals surface area contributed by atoms with Crippen LogP contribution in [0.5, 0.6) is 0 Å². The number of amides is 1. The fourth-order valence-electron chi connectivity index (χ4n) is 4.60. The maximum Gasteiger partial charge on any atom is 0.348 e. The van der Waals surface area contributed by atoms with E-state index in [2.05, 4.69) is 10.4 Å². The van der Waals surface area contributed by atoms with E-state index in [0.29, 0.717) is 4.88 Å². The van der Waals surface area contributed by atoms with Gasteiger partial charge in [-0.3, -0.25) is 9.59 Å². The number of esters is 1. The molecule has 0 aliphatic carbocycles. The molecule has 0 spiro atoms. The molecule has 1 aliphatic rings. The number of hydrogen-bond acceptors (Lipinski definition) is 8. The number of aromatic nitrogens is 2. The summed E-state index contributed by atoms with van der Waals surface area (Å²) in [6.07, 6.45) is 0. The molecule has 3 heterocycles. The van der Waals surface area contributed by atoms with Crippen molar-refractivity contribution in [3.05, 3.63) is 106 Å². The second kappa shape index (κ2) is 9.85. The lowest BCUT2D eigenvalue weighted by Crippen LogP contribution is -2.28. The quantitative estimate of drug-likeness (QED) is 0.233. The van der Waals surface area contributed by atoms with Crippen molar-refractivity contribution >= 4 is 49.1 Å². The van der Waals surface area contributed by atoms with E-state index in [1.807, 2.05) is 37.3 Å². The van der Waals surface area contributed by atoms with E-state index >= 15 is 0 Å². The van der Waals surface area contributed by atoms with Crippen LogP contribution >= 0.6 is 11.3 Å². The molecule has 1 aliphatic heterocycles. The number of nitrogens with one attached hydrogen (secondary N) is 1. The third kappa shape index (κ3) is 4.29. The number of thiophene rings is 1. The van der Waals surface area contributed by atoms with Crippen LogP contribution in [-0.4, -0.2) is 49.0 Å². The summed E-state index contributed by atoms with van der Waals surface area (Å²) in [4.78, 5) is 39.2. The van der Waals surface area contributed by atoms with Crippen molar-refractivity contribution in [2.75, 3.05) is 13.2 Å². The molecule has 200 valence electrons. The fraction of sp³-hybridized carbons (Fsp3) is 0.103. The number of para-hydroxylation sites is 1. The summed E-state index contributed by atoms with van der Waals surface area (Å²) in [5.74, 6) is -1.49. The lowest BCUT2D eigenvalue weighted by molar-refractivity contribution is 0.0509. The van der Waals surface area contributed by atoms with E-state index in [4.69, 9.17) is 4.74 Å². The summed E-state index contributed by atoms with van der Waals surface area (Å²) >= 11 is 1.27. The van der Waals surface area contributed by atoms with Gasteiger partial charge in [0.25, 0.3) is 5.91 Å². The Hall–Kier alpha value is -4.61. The van der Waals surface area contributed by atoms with E-state index in [0.717, 1.165) is 21.6 Å². The molecule has 9 nitrogen and oxygen atoms in total. The van der Waals surface area contributed by atoms with Crippen LogP contribution in [0.15, 0.2) is 88.7 Å². The molecule has 0 fully saturated rings. The highest BCUT2D eigenvalue weighted by Gasteiger charge is 2.35. The first-order chi connectivity index (χ1) is 19.3. The molecule has 0 radical (unpaired) electrons. The van der Waals surface area contributed by atoms with Crippen molar-refractivity contribution in [2.24, 2.45) is 0 Å². The van der Waals surface area contributed by atoms with Gasteiger partial charge in [-0.2, -0.15) is 5.10 Å². The molecule has 6 rings (SSSR count). The Morgan fingerprint density at radius 3 is 2.48 bits per heavy atom. The van der Waals surface area contributed by atoms with Crippen LogP contribution in [0.4, 0.5) is 0 Å². The molecular weight excluding hydrogens is 550 g/mol. The van der Waals surface area contributed by atoms with Gasteiger partial charge < -0.3 is 10.1 Å². The number of ketones is 1. The van der Waals surface area contributed by atoms with Crippen molar-refractivity contribution in [2.45, 2.75) is 16.7 Å². The van der Waals surface area contributed by atoms with E-state index in [1.165, 1.54) is 41.7 Å². The minimum Gasteiger partial charge on any atom is -0.460 e. The smallest absolute Gasteiger partial charge is 0.348 e. The first kappa shape index (κ1) is 25.7. The number of sulfone groups is 1. The summed E-state index contributed by atoms with van der Waals surface area (Å²) < 4.78 is 33.4. The summed E-state index contributed by atoms with van der Waals surface area (Å²) in [7, 11) is -3.96. The first-order valence-corrected chi connectivity index (χ1v) is 14.6. The number of hydrogen-bond donors (Lipinski definition) is 1.